The van der Waals surface area contributed by atoms with Gasteiger partial charge in [-0.1, -0.05) is 18.2 Å². The highest BCUT2D eigenvalue weighted by atomic mass is 19.1. The third-order valence-electron chi connectivity index (χ3n) is 4.25. The Morgan fingerprint density at radius 3 is 3.00 bits per heavy atom. The number of rotatable bonds is 3. The van der Waals surface area contributed by atoms with Gasteiger partial charge in [-0.25, -0.2) is 4.39 Å². The number of amides is 1. The predicted molar refractivity (Wildman–Crippen MR) is 78.8 cm³/mol. The van der Waals surface area contributed by atoms with E-state index in [2.05, 4.69) is 4.98 Å². The molecule has 1 aliphatic rings. The van der Waals surface area contributed by atoms with E-state index in [1.54, 1.807) is 0 Å². The predicted octanol–water partition coefficient (Wildman–Crippen LogP) is 1.95. The summed E-state index contributed by atoms with van der Waals surface area (Å²) in [5.74, 6) is -0.123. The zero-order chi connectivity index (χ0) is 15.0. The van der Waals surface area contributed by atoms with Crippen molar-refractivity contribution in [2.75, 3.05) is 13.2 Å². The number of fused-ring (bicyclic) bond motifs is 1. The molecule has 0 bridgehead atoms. The van der Waals surface area contributed by atoms with Crippen LogP contribution in [0.2, 0.25) is 0 Å². The number of aryl methyl sites for hydroxylation is 1. The van der Waals surface area contributed by atoms with E-state index in [0.717, 1.165) is 22.2 Å². The summed E-state index contributed by atoms with van der Waals surface area (Å²) in [6.07, 6.45) is -0.566. The number of H-pyrrole nitrogens is 1. The van der Waals surface area contributed by atoms with Crippen molar-refractivity contribution in [2.45, 2.75) is 32.0 Å². The van der Waals surface area contributed by atoms with Crippen LogP contribution in [-0.4, -0.2) is 46.3 Å². The Labute approximate surface area is 122 Å². The molecule has 4 nitrogen and oxygen atoms in total. The highest BCUT2D eigenvalue weighted by Gasteiger charge is 2.35. The molecule has 5 heteroatoms. The molecule has 0 saturated carbocycles. The number of halogens is 1. The first-order valence-electron chi connectivity index (χ1n) is 7.20. The number of hydrogen-bond donors (Lipinski definition) is 2. The van der Waals surface area contributed by atoms with Crippen LogP contribution in [0, 0.1) is 6.92 Å². The van der Waals surface area contributed by atoms with Crippen LogP contribution in [-0.2, 0) is 11.2 Å². The first-order chi connectivity index (χ1) is 10.1. The second kappa shape index (κ2) is 5.48. The molecule has 2 aromatic rings. The van der Waals surface area contributed by atoms with Gasteiger partial charge >= 0.3 is 0 Å². The zero-order valence-electron chi connectivity index (χ0n) is 12.0. The molecule has 1 aromatic heterocycles. The van der Waals surface area contributed by atoms with Gasteiger partial charge in [-0.3, -0.25) is 4.79 Å². The quantitative estimate of drug-likeness (QED) is 0.908. The lowest BCUT2D eigenvalue weighted by molar-refractivity contribution is -0.132. The van der Waals surface area contributed by atoms with Gasteiger partial charge in [0.2, 0.25) is 5.91 Å². The van der Waals surface area contributed by atoms with Crippen molar-refractivity contribution in [1.29, 1.82) is 0 Å². The molecule has 1 amide bonds. The number of aromatic nitrogens is 1. The number of nitrogens with one attached hydrogen (secondary N) is 1. The third kappa shape index (κ3) is 2.53. The monoisotopic (exact) mass is 290 g/mol. The number of alkyl halides is 1. The Hall–Kier alpha value is -1.88. The maximum absolute atomic E-state index is 13.5. The average Bonchev–Trinajstić information content (AvgIpc) is 3.00. The minimum absolute atomic E-state index is 0.0888. The topological polar surface area (TPSA) is 56.3 Å². The number of likely N-dealkylation sites (tertiary alicyclic amines) is 1. The highest BCUT2D eigenvalue weighted by Crippen LogP contribution is 2.25. The molecule has 112 valence electrons. The van der Waals surface area contributed by atoms with Gasteiger partial charge in [0.1, 0.15) is 6.17 Å². The van der Waals surface area contributed by atoms with Gasteiger partial charge in [-0.05, 0) is 18.6 Å². The molecule has 2 atom stereocenters. The summed E-state index contributed by atoms with van der Waals surface area (Å²) < 4.78 is 13.5. The lowest BCUT2D eigenvalue weighted by Crippen LogP contribution is -2.38. The van der Waals surface area contributed by atoms with Crippen molar-refractivity contribution in [3.63, 3.8) is 0 Å². The fourth-order valence-electron chi connectivity index (χ4n) is 3.15. The molecule has 1 aliphatic heterocycles. The molecule has 0 unspecified atom stereocenters. The Balaban J connectivity index is 1.85. The van der Waals surface area contributed by atoms with Gasteiger partial charge in [0.05, 0.1) is 25.6 Å². The number of aliphatic hydroxyl groups excluding tert-OH is 1. The number of hydrogen-bond acceptors (Lipinski definition) is 2. The Kier molecular flexibility index (Phi) is 3.68. The first kappa shape index (κ1) is 14.1. The lowest BCUT2D eigenvalue weighted by atomic mass is 10.1. The Morgan fingerprint density at radius 2 is 2.24 bits per heavy atom. The molecule has 2 heterocycles. The summed E-state index contributed by atoms with van der Waals surface area (Å²) in [4.78, 5) is 17.2. The van der Waals surface area contributed by atoms with Gasteiger partial charge in [0.25, 0.3) is 0 Å². The van der Waals surface area contributed by atoms with Crippen LogP contribution in [0.4, 0.5) is 4.39 Å². The second-order valence-electron chi connectivity index (χ2n) is 5.67. The first-order valence-corrected chi connectivity index (χ1v) is 7.20. The van der Waals surface area contributed by atoms with E-state index >= 15 is 0 Å². The fourth-order valence-corrected chi connectivity index (χ4v) is 3.15. The normalized spacial score (nSPS) is 22.1. The lowest BCUT2D eigenvalue weighted by Gasteiger charge is -2.22. The van der Waals surface area contributed by atoms with E-state index in [0.29, 0.717) is 0 Å². The zero-order valence-corrected chi connectivity index (χ0v) is 12.0. The van der Waals surface area contributed by atoms with Crippen LogP contribution in [0.1, 0.15) is 17.7 Å². The molecule has 0 spiro atoms. The third-order valence-corrected chi connectivity index (χ3v) is 4.25. The number of nitrogens with zero attached hydrogens (tertiary/aromatic N) is 1. The Bertz CT molecular complexity index is 667. The van der Waals surface area contributed by atoms with Gasteiger partial charge in [0, 0.05) is 23.0 Å². The van der Waals surface area contributed by atoms with Gasteiger partial charge in [0.15, 0.2) is 0 Å². The van der Waals surface area contributed by atoms with Gasteiger partial charge in [-0.15, -0.1) is 0 Å². The summed E-state index contributed by atoms with van der Waals surface area (Å²) >= 11 is 0. The largest absolute Gasteiger partial charge is 0.394 e. The molecule has 1 saturated heterocycles. The van der Waals surface area contributed by atoms with E-state index in [1.807, 2.05) is 31.2 Å². The van der Waals surface area contributed by atoms with E-state index in [4.69, 9.17) is 0 Å². The molecular weight excluding hydrogens is 271 g/mol. The van der Waals surface area contributed by atoms with Crippen LogP contribution in [0.15, 0.2) is 24.3 Å². The maximum Gasteiger partial charge on any atom is 0.227 e. The summed E-state index contributed by atoms with van der Waals surface area (Å²) in [5.41, 5.74) is 2.91. The number of benzene rings is 1. The molecular formula is C16H19FN2O2. The molecule has 1 aromatic carbocycles. The molecule has 0 aliphatic carbocycles. The molecule has 2 N–H and O–H groups in total. The van der Waals surface area contributed by atoms with Crippen molar-refractivity contribution in [3.05, 3.63) is 35.5 Å². The van der Waals surface area contributed by atoms with Gasteiger partial charge in [-0.2, -0.15) is 0 Å². The number of carbonyl (C=O) groups is 1. The summed E-state index contributed by atoms with van der Waals surface area (Å²) in [6.45, 7) is 1.85. The average molecular weight is 290 g/mol. The van der Waals surface area contributed by atoms with Crippen molar-refractivity contribution >= 4 is 16.8 Å². The number of aliphatic hydroxyl groups is 1. The second-order valence-corrected chi connectivity index (χ2v) is 5.67. The minimum atomic E-state index is -1.03. The van der Waals surface area contributed by atoms with E-state index < -0.39 is 12.2 Å². The van der Waals surface area contributed by atoms with Crippen LogP contribution in [0.25, 0.3) is 10.9 Å². The van der Waals surface area contributed by atoms with E-state index in [9.17, 15) is 14.3 Å². The summed E-state index contributed by atoms with van der Waals surface area (Å²) in [7, 11) is 0. The summed E-state index contributed by atoms with van der Waals surface area (Å²) in [6, 6.07) is 7.44. The smallest absolute Gasteiger partial charge is 0.227 e. The van der Waals surface area contributed by atoms with Crippen molar-refractivity contribution < 1.29 is 14.3 Å². The number of para-hydroxylation sites is 1. The van der Waals surface area contributed by atoms with Crippen LogP contribution < -0.4 is 0 Å². The number of aromatic amines is 1. The SMILES string of the molecule is Cc1[nH]c2ccccc2c1CC(=O)N1C[C@@H](F)C[C@H]1CO. The van der Waals surface area contributed by atoms with Crippen LogP contribution >= 0.6 is 0 Å². The molecule has 3 rings (SSSR count). The van der Waals surface area contributed by atoms with Crippen molar-refractivity contribution in [2.24, 2.45) is 0 Å². The van der Waals surface area contributed by atoms with Gasteiger partial charge < -0.3 is 15.0 Å². The van der Waals surface area contributed by atoms with Crippen molar-refractivity contribution in [1.82, 2.24) is 9.88 Å². The fraction of sp³-hybridized carbons (Fsp3) is 0.438. The Morgan fingerprint density at radius 1 is 1.48 bits per heavy atom. The molecule has 21 heavy (non-hydrogen) atoms. The van der Waals surface area contributed by atoms with E-state index in [-0.39, 0.29) is 31.9 Å². The molecule has 1 fully saturated rings. The minimum Gasteiger partial charge on any atom is -0.394 e. The standard InChI is InChI=1S/C16H19FN2O2/c1-10-14(13-4-2-3-5-15(13)18-10)7-16(21)19-8-11(17)6-12(19)9-20/h2-5,11-12,18,20H,6-9H2,1H3/t11-,12-/m0/s1. The highest BCUT2D eigenvalue weighted by molar-refractivity contribution is 5.90. The maximum atomic E-state index is 13.5. The van der Waals surface area contributed by atoms with Crippen molar-refractivity contribution in [3.8, 4) is 0 Å². The summed E-state index contributed by atoms with van der Waals surface area (Å²) in [5, 5.41) is 10.3. The van der Waals surface area contributed by atoms with Crippen LogP contribution in [0.5, 0.6) is 0 Å². The molecule has 0 radical (unpaired) electrons. The number of carbonyl (C=O) groups excluding carboxylic acids is 1. The van der Waals surface area contributed by atoms with E-state index in [1.165, 1.54) is 4.90 Å². The van der Waals surface area contributed by atoms with Crippen LogP contribution in [0.3, 0.4) is 0 Å².